The fourth-order valence-corrected chi connectivity index (χ4v) is 2.96. The summed E-state index contributed by atoms with van der Waals surface area (Å²) in [5.74, 6) is 0.114. The Morgan fingerprint density at radius 1 is 1.32 bits per heavy atom. The molecule has 1 aromatic rings. The number of hydrogen-bond donors (Lipinski definition) is 1. The Labute approximate surface area is 112 Å². The second-order valence-electron chi connectivity index (χ2n) is 5.60. The lowest BCUT2D eigenvalue weighted by molar-refractivity contribution is -0.117. The van der Waals surface area contributed by atoms with E-state index in [1.807, 2.05) is 30.9 Å². The number of anilines is 1. The maximum atomic E-state index is 12.1. The van der Waals surface area contributed by atoms with Crippen LogP contribution in [0.15, 0.2) is 12.1 Å². The van der Waals surface area contributed by atoms with E-state index >= 15 is 0 Å². The van der Waals surface area contributed by atoms with Crippen LogP contribution in [0, 0.1) is 0 Å². The van der Waals surface area contributed by atoms with Gasteiger partial charge < -0.3 is 10.2 Å². The molecule has 1 aromatic carbocycles. The fourth-order valence-electron chi connectivity index (χ4n) is 2.96. The first-order chi connectivity index (χ1) is 9.06. The van der Waals surface area contributed by atoms with E-state index in [0.29, 0.717) is 12.0 Å². The lowest BCUT2D eigenvalue weighted by atomic mass is 9.96. The fraction of sp³-hybridized carbons (Fsp3) is 0.467. The van der Waals surface area contributed by atoms with Crippen molar-refractivity contribution in [1.82, 2.24) is 5.32 Å². The van der Waals surface area contributed by atoms with Gasteiger partial charge in [0.1, 0.15) is 0 Å². The van der Waals surface area contributed by atoms with Gasteiger partial charge in [-0.15, -0.1) is 0 Å². The monoisotopic (exact) mass is 258 g/mol. The van der Waals surface area contributed by atoms with Crippen LogP contribution < -0.4 is 10.2 Å². The molecule has 0 atom stereocenters. The van der Waals surface area contributed by atoms with Crippen LogP contribution in [0.25, 0.3) is 0 Å². The molecule has 0 radical (unpaired) electrons. The molecule has 2 aliphatic rings. The molecule has 2 aliphatic heterocycles. The number of carbonyl (C=O) groups excluding carboxylic acids is 2. The van der Waals surface area contributed by atoms with E-state index in [1.165, 1.54) is 0 Å². The van der Waals surface area contributed by atoms with Crippen LogP contribution in [0.5, 0.6) is 0 Å². The minimum atomic E-state index is -0.0504. The van der Waals surface area contributed by atoms with Crippen LogP contribution in [-0.4, -0.2) is 24.4 Å². The SMILES string of the molecule is CC(C)NC(=O)c1cc2c3c(c1)CC(=O)N3CCC2. The molecule has 0 aliphatic carbocycles. The van der Waals surface area contributed by atoms with Crippen LogP contribution in [0.3, 0.4) is 0 Å². The van der Waals surface area contributed by atoms with Crippen LogP contribution in [0.4, 0.5) is 5.69 Å². The van der Waals surface area contributed by atoms with Gasteiger partial charge in [0.25, 0.3) is 5.91 Å². The number of nitrogens with one attached hydrogen (secondary N) is 1. The van der Waals surface area contributed by atoms with Crippen LogP contribution >= 0.6 is 0 Å². The first-order valence-electron chi connectivity index (χ1n) is 6.83. The standard InChI is InChI=1S/C15H18N2O2/c1-9(2)16-15(19)12-6-10-4-3-5-17-13(18)8-11(7-12)14(10)17/h6-7,9H,3-5,8H2,1-2H3,(H,16,19). The summed E-state index contributed by atoms with van der Waals surface area (Å²) in [6.45, 7) is 4.71. The van der Waals surface area contributed by atoms with Gasteiger partial charge in [-0.05, 0) is 49.9 Å². The van der Waals surface area contributed by atoms with Gasteiger partial charge in [-0.25, -0.2) is 0 Å². The lowest BCUT2D eigenvalue weighted by Gasteiger charge is -2.26. The second-order valence-corrected chi connectivity index (χ2v) is 5.60. The number of benzene rings is 1. The van der Waals surface area contributed by atoms with Gasteiger partial charge in [0.2, 0.25) is 5.91 Å². The van der Waals surface area contributed by atoms with E-state index in [0.717, 1.165) is 36.2 Å². The van der Waals surface area contributed by atoms with Gasteiger partial charge in [-0.2, -0.15) is 0 Å². The van der Waals surface area contributed by atoms with Crippen molar-refractivity contribution in [3.63, 3.8) is 0 Å². The zero-order chi connectivity index (χ0) is 13.6. The maximum Gasteiger partial charge on any atom is 0.251 e. The lowest BCUT2D eigenvalue weighted by Crippen LogP contribution is -2.32. The summed E-state index contributed by atoms with van der Waals surface area (Å²) in [6, 6.07) is 3.94. The normalized spacial score (nSPS) is 16.8. The summed E-state index contributed by atoms with van der Waals surface area (Å²) in [6.07, 6.45) is 2.37. The first-order valence-corrected chi connectivity index (χ1v) is 6.83. The summed E-state index contributed by atoms with van der Waals surface area (Å²) in [4.78, 5) is 25.9. The largest absolute Gasteiger partial charge is 0.350 e. The second kappa shape index (κ2) is 4.37. The molecule has 1 N–H and O–H groups in total. The van der Waals surface area contributed by atoms with E-state index in [9.17, 15) is 9.59 Å². The van der Waals surface area contributed by atoms with E-state index in [4.69, 9.17) is 0 Å². The molecule has 0 saturated heterocycles. The number of rotatable bonds is 2. The molecule has 100 valence electrons. The predicted octanol–water partition coefficient (Wildman–Crippen LogP) is 1.66. The van der Waals surface area contributed by atoms with Gasteiger partial charge in [0.05, 0.1) is 12.1 Å². The average Bonchev–Trinajstić information content (AvgIpc) is 2.67. The Kier molecular flexibility index (Phi) is 2.81. The Hall–Kier alpha value is -1.84. The van der Waals surface area contributed by atoms with Crippen molar-refractivity contribution in [3.8, 4) is 0 Å². The molecular formula is C15H18N2O2. The summed E-state index contributed by atoms with van der Waals surface area (Å²) in [5.41, 5.74) is 3.90. The molecule has 4 nitrogen and oxygen atoms in total. The zero-order valence-corrected chi connectivity index (χ0v) is 11.3. The molecule has 0 aromatic heterocycles. The molecule has 0 spiro atoms. The van der Waals surface area contributed by atoms with Gasteiger partial charge in [0, 0.05) is 18.2 Å². The molecule has 19 heavy (non-hydrogen) atoms. The third kappa shape index (κ3) is 2.01. The molecule has 0 bridgehead atoms. The molecule has 0 saturated carbocycles. The molecule has 3 rings (SSSR count). The predicted molar refractivity (Wildman–Crippen MR) is 73.4 cm³/mol. The third-order valence-corrected chi connectivity index (χ3v) is 3.69. The number of hydrogen-bond acceptors (Lipinski definition) is 2. The highest BCUT2D eigenvalue weighted by Gasteiger charge is 2.32. The van der Waals surface area contributed by atoms with Crippen LogP contribution in [0.2, 0.25) is 0 Å². The quantitative estimate of drug-likeness (QED) is 0.877. The van der Waals surface area contributed by atoms with E-state index in [2.05, 4.69) is 5.32 Å². The van der Waals surface area contributed by atoms with Crippen molar-refractivity contribution in [2.24, 2.45) is 0 Å². The highest BCUT2D eigenvalue weighted by atomic mass is 16.2. The van der Waals surface area contributed by atoms with E-state index in [-0.39, 0.29) is 17.9 Å². The zero-order valence-electron chi connectivity index (χ0n) is 11.3. The number of aryl methyl sites for hydroxylation is 1. The van der Waals surface area contributed by atoms with Crippen molar-refractivity contribution in [2.75, 3.05) is 11.4 Å². The van der Waals surface area contributed by atoms with Crippen molar-refractivity contribution in [2.45, 2.75) is 39.2 Å². The van der Waals surface area contributed by atoms with Crippen LogP contribution in [0.1, 0.15) is 41.8 Å². The highest BCUT2D eigenvalue weighted by Crippen LogP contribution is 2.37. The first kappa shape index (κ1) is 12.2. The van der Waals surface area contributed by atoms with Gasteiger partial charge in [-0.1, -0.05) is 0 Å². The molecular weight excluding hydrogens is 240 g/mol. The maximum absolute atomic E-state index is 12.1. The van der Waals surface area contributed by atoms with Crippen molar-refractivity contribution in [3.05, 3.63) is 28.8 Å². The number of carbonyl (C=O) groups is 2. The smallest absolute Gasteiger partial charge is 0.251 e. The summed E-state index contributed by atoms with van der Waals surface area (Å²) in [5, 5.41) is 2.90. The van der Waals surface area contributed by atoms with Gasteiger partial charge in [-0.3, -0.25) is 9.59 Å². The Morgan fingerprint density at radius 2 is 2.05 bits per heavy atom. The average molecular weight is 258 g/mol. The van der Waals surface area contributed by atoms with E-state index in [1.54, 1.807) is 0 Å². The molecule has 0 fully saturated rings. The van der Waals surface area contributed by atoms with E-state index < -0.39 is 0 Å². The van der Waals surface area contributed by atoms with Crippen molar-refractivity contribution < 1.29 is 9.59 Å². The summed E-state index contributed by atoms with van der Waals surface area (Å²) in [7, 11) is 0. The van der Waals surface area contributed by atoms with Gasteiger partial charge in [0.15, 0.2) is 0 Å². The molecule has 2 amide bonds. The molecule has 4 heteroatoms. The van der Waals surface area contributed by atoms with Crippen LogP contribution in [-0.2, 0) is 17.6 Å². The minimum Gasteiger partial charge on any atom is -0.350 e. The third-order valence-electron chi connectivity index (χ3n) is 3.69. The topological polar surface area (TPSA) is 49.4 Å². The van der Waals surface area contributed by atoms with Gasteiger partial charge >= 0.3 is 0 Å². The molecule has 0 unspecified atom stereocenters. The summed E-state index contributed by atoms with van der Waals surface area (Å²) >= 11 is 0. The molecule has 2 heterocycles. The van der Waals surface area contributed by atoms with Crippen molar-refractivity contribution in [1.29, 1.82) is 0 Å². The Balaban J connectivity index is 2.01. The Morgan fingerprint density at radius 3 is 2.79 bits per heavy atom. The highest BCUT2D eigenvalue weighted by molar-refractivity contribution is 6.04. The minimum absolute atomic E-state index is 0.0504. The Bertz CT molecular complexity index is 564. The number of amides is 2. The number of nitrogens with zero attached hydrogens (tertiary/aromatic N) is 1. The summed E-state index contributed by atoms with van der Waals surface area (Å²) < 4.78 is 0. The van der Waals surface area contributed by atoms with Crippen molar-refractivity contribution >= 4 is 17.5 Å².